The molecule has 5 nitrogen and oxygen atoms in total. The molecule has 0 bridgehead atoms. The van der Waals surface area contributed by atoms with Gasteiger partial charge in [-0.2, -0.15) is 0 Å². The fourth-order valence-corrected chi connectivity index (χ4v) is 4.42. The fraction of sp³-hybridized carbons (Fsp3) is 0.471. The zero-order chi connectivity index (χ0) is 16.0. The molecule has 1 saturated carbocycles. The van der Waals surface area contributed by atoms with E-state index in [0.29, 0.717) is 17.5 Å². The predicted molar refractivity (Wildman–Crippen MR) is 88.6 cm³/mol. The second kappa shape index (κ2) is 5.34. The number of ether oxygens (including phenoxy) is 1. The number of hydrogen-bond donors (Lipinski definition) is 0. The van der Waals surface area contributed by atoms with Crippen LogP contribution in [0, 0.1) is 11.3 Å². The van der Waals surface area contributed by atoms with Crippen LogP contribution in [-0.4, -0.2) is 36.1 Å². The molecule has 2 atom stereocenters. The van der Waals surface area contributed by atoms with Crippen LogP contribution in [0.4, 0.5) is 5.82 Å². The van der Waals surface area contributed by atoms with Gasteiger partial charge in [0.05, 0.1) is 18.0 Å². The van der Waals surface area contributed by atoms with Crippen molar-refractivity contribution in [1.29, 1.82) is 0 Å². The van der Waals surface area contributed by atoms with Gasteiger partial charge in [-0.25, -0.2) is 9.97 Å². The maximum absolute atomic E-state index is 12.4. The van der Waals surface area contributed by atoms with Crippen molar-refractivity contribution >= 4 is 34.3 Å². The highest BCUT2D eigenvalue weighted by molar-refractivity contribution is 6.31. The Hall–Kier alpha value is -1.88. The Labute approximate surface area is 139 Å². The lowest BCUT2D eigenvalue weighted by molar-refractivity contribution is -0.152. The second-order valence-corrected chi connectivity index (χ2v) is 6.91. The first-order chi connectivity index (χ1) is 11.1. The quantitative estimate of drug-likeness (QED) is 0.792. The van der Waals surface area contributed by atoms with Crippen molar-refractivity contribution in [1.82, 2.24) is 9.97 Å². The molecule has 1 aliphatic carbocycles. The molecule has 2 fully saturated rings. The lowest BCUT2D eigenvalue weighted by Gasteiger charge is -2.25. The van der Waals surface area contributed by atoms with Gasteiger partial charge in [0.1, 0.15) is 12.1 Å². The van der Waals surface area contributed by atoms with Gasteiger partial charge in [-0.1, -0.05) is 18.0 Å². The van der Waals surface area contributed by atoms with Gasteiger partial charge in [-0.05, 0) is 37.0 Å². The smallest absolute Gasteiger partial charge is 0.313 e. The molecule has 4 rings (SSSR count). The van der Waals surface area contributed by atoms with Gasteiger partial charge in [0.2, 0.25) is 0 Å². The van der Waals surface area contributed by atoms with Crippen LogP contribution in [0.1, 0.15) is 19.3 Å². The number of rotatable bonds is 2. The Bertz CT molecular complexity index is 782. The standard InChI is InChI=1S/C17H18ClN3O2/c1-23-16(22)17-6-2-3-11(17)8-21(9-17)15-13-5-4-12(18)7-14(13)19-10-20-15/h4-5,7,10-11H,2-3,6,8-9H2,1H3. The summed E-state index contributed by atoms with van der Waals surface area (Å²) in [6.45, 7) is 1.50. The monoisotopic (exact) mass is 331 g/mol. The van der Waals surface area contributed by atoms with Gasteiger partial charge in [-0.3, -0.25) is 4.79 Å². The summed E-state index contributed by atoms with van der Waals surface area (Å²) >= 11 is 6.06. The molecule has 0 radical (unpaired) electrons. The summed E-state index contributed by atoms with van der Waals surface area (Å²) in [5.41, 5.74) is 0.449. The van der Waals surface area contributed by atoms with Crippen molar-refractivity contribution < 1.29 is 9.53 Å². The molecular weight excluding hydrogens is 314 g/mol. The molecule has 1 aliphatic heterocycles. The van der Waals surface area contributed by atoms with Gasteiger partial charge in [-0.15, -0.1) is 0 Å². The van der Waals surface area contributed by atoms with E-state index in [9.17, 15) is 4.79 Å². The van der Waals surface area contributed by atoms with E-state index in [1.807, 2.05) is 18.2 Å². The number of aromatic nitrogens is 2. The van der Waals surface area contributed by atoms with E-state index >= 15 is 0 Å². The zero-order valence-corrected chi connectivity index (χ0v) is 13.7. The normalized spacial score (nSPS) is 26.5. The summed E-state index contributed by atoms with van der Waals surface area (Å²) < 4.78 is 5.11. The predicted octanol–water partition coefficient (Wildman–Crippen LogP) is 3.06. The first kappa shape index (κ1) is 14.7. The third kappa shape index (κ3) is 2.17. The minimum atomic E-state index is -0.377. The third-order valence-corrected chi connectivity index (χ3v) is 5.57. The van der Waals surface area contributed by atoms with Gasteiger partial charge >= 0.3 is 5.97 Å². The van der Waals surface area contributed by atoms with Crippen LogP contribution in [0.25, 0.3) is 10.9 Å². The number of hydrogen-bond acceptors (Lipinski definition) is 5. The molecule has 1 aromatic heterocycles. The molecule has 2 heterocycles. The average Bonchev–Trinajstić information content (AvgIpc) is 3.11. The zero-order valence-electron chi connectivity index (χ0n) is 13.0. The summed E-state index contributed by atoms with van der Waals surface area (Å²) in [5, 5.41) is 1.63. The molecule has 0 spiro atoms. The molecule has 0 N–H and O–H groups in total. The van der Waals surface area contributed by atoms with Crippen molar-refractivity contribution in [2.45, 2.75) is 19.3 Å². The molecule has 6 heteroatoms. The van der Waals surface area contributed by atoms with E-state index < -0.39 is 0 Å². The summed E-state index contributed by atoms with van der Waals surface area (Å²) in [6.07, 6.45) is 4.62. The molecule has 120 valence electrons. The third-order valence-electron chi connectivity index (χ3n) is 5.34. The number of fused-ring (bicyclic) bond motifs is 2. The summed E-state index contributed by atoms with van der Waals surface area (Å²) in [5.74, 6) is 1.14. The van der Waals surface area contributed by atoms with E-state index in [4.69, 9.17) is 16.3 Å². The van der Waals surface area contributed by atoms with Crippen LogP contribution in [0.5, 0.6) is 0 Å². The fourth-order valence-electron chi connectivity index (χ4n) is 4.26. The van der Waals surface area contributed by atoms with Gasteiger partial charge in [0, 0.05) is 23.5 Å². The number of anilines is 1. The van der Waals surface area contributed by atoms with E-state index in [0.717, 1.165) is 42.5 Å². The SMILES string of the molecule is COC(=O)C12CCCC1CN(c1ncnc3cc(Cl)ccc13)C2. The van der Waals surface area contributed by atoms with Crippen LogP contribution in [0.2, 0.25) is 5.02 Å². The Kier molecular flexibility index (Phi) is 3.41. The summed E-state index contributed by atoms with van der Waals surface area (Å²) in [4.78, 5) is 23.4. The number of benzene rings is 1. The molecule has 2 unspecified atom stereocenters. The van der Waals surface area contributed by atoms with Crippen LogP contribution < -0.4 is 4.90 Å². The van der Waals surface area contributed by atoms with Crippen molar-refractivity contribution in [2.24, 2.45) is 11.3 Å². The Morgan fingerprint density at radius 1 is 1.43 bits per heavy atom. The van der Waals surface area contributed by atoms with Crippen molar-refractivity contribution in [3.05, 3.63) is 29.5 Å². The number of nitrogens with zero attached hydrogens (tertiary/aromatic N) is 3. The topological polar surface area (TPSA) is 55.3 Å². The first-order valence-corrected chi connectivity index (χ1v) is 8.25. The molecule has 1 aromatic carbocycles. The lowest BCUT2D eigenvalue weighted by atomic mass is 9.81. The molecule has 2 aromatic rings. The van der Waals surface area contributed by atoms with Gasteiger partial charge < -0.3 is 9.64 Å². The van der Waals surface area contributed by atoms with Crippen LogP contribution >= 0.6 is 11.6 Å². The Morgan fingerprint density at radius 2 is 2.30 bits per heavy atom. The summed E-state index contributed by atoms with van der Waals surface area (Å²) in [6, 6.07) is 5.64. The maximum Gasteiger partial charge on any atom is 0.313 e. The number of carbonyl (C=O) groups is 1. The number of halogens is 1. The number of esters is 1. The molecule has 23 heavy (non-hydrogen) atoms. The second-order valence-electron chi connectivity index (χ2n) is 6.48. The highest BCUT2D eigenvalue weighted by Crippen LogP contribution is 2.50. The highest BCUT2D eigenvalue weighted by Gasteiger charge is 2.55. The average molecular weight is 332 g/mol. The largest absolute Gasteiger partial charge is 0.469 e. The van der Waals surface area contributed by atoms with Crippen LogP contribution in [-0.2, 0) is 9.53 Å². The van der Waals surface area contributed by atoms with Crippen LogP contribution in [0.3, 0.4) is 0 Å². The minimum absolute atomic E-state index is 0.0797. The van der Waals surface area contributed by atoms with Gasteiger partial charge in [0.25, 0.3) is 0 Å². The minimum Gasteiger partial charge on any atom is -0.469 e. The molecule has 1 saturated heterocycles. The number of methoxy groups -OCH3 is 1. The van der Waals surface area contributed by atoms with Crippen LogP contribution in [0.15, 0.2) is 24.5 Å². The van der Waals surface area contributed by atoms with Crippen molar-refractivity contribution in [3.63, 3.8) is 0 Å². The molecule has 2 aliphatic rings. The Morgan fingerprint density at radius 3 is 3.13 bits per heavy atom. The van der Waals surface area contributed by atoms with E-state index in [-0.39, 0.29) is 11.4 Å². The van der Waals surface area contributed by atoms with Crippen molar-refractivity contribution in [2.75, 3.05) is 25.1 Å². The van der Waals surface area contributed by atoms with Crippen molar-refractivity contribution in [3.8, 4) is 0 Å². The maximum atomic E-state index is 12.4. The summed E-state index contributed by atoms with van der Waals surface area (Å²) in [7, 11) is 1.48. The van der Waals surface area contributed by atoms with E-state index in [1.54, 1.807) is 6.33 Å². The van der Waals surface area contributed by atoms with E-state index in [1.165, 1.54) is 7.11 Å². The lowest BCUT2D eigenvalue weighted by Crippen LogP contribution is -2.37. The molecule has 0 amide bonds. The number of carbonyl (C=O) groups excluding carboxylic acids is 1. The first-order valence-electron chi connectivity index (χ1n) is 7.88. The highest BCUT2D eigenvalue weighted by atomic mass is 35.5. The van der Waals surface area contributed by atoms with E-state index in [2.05, 4.69) is 14.9 Å². The molecular formula is C17H18ClN3O2. The Balaban J connectivity index is 1.74. The van der Waals surface area contributed by atoms with Gasteiger partial charge in [0.15, 0.2) is 0 Å².